The normalized spacial score (nSPS) is 20.0. The number of hydrogen-bond acceptors (Lipinski definition) is 2. The number of halogens is 3. The minimum absolute atomic E-state index is 0.0968. The molecule has 1 saturated heterocycles. The van der Waals surface area contributed by atoms with Gasteiger partial charge in [0.25, 0.3) is 0 Å². The molecule has 1 aliphatic heterocycles. The summed E-state index contributed by atoms with van der Waals surface area (Å²) in [6.07, 6.45) is 8.65. The molecule has 1 fully saturated rings. The molecule has 28 heavy (non-hydrogen) atoms. The molecule has 0 N–H and O–H groups in total. The van der Waals surface area contributed by atoms with Crippen LogP contribution >= 0.6 is 45.2 Å². The molecule has 0 amide bonds. The van der Waals surface area contributed by atoms with E-state index in [1.165, 1.54) is 6.07 Å². The number of rotatable bonds is 6. The van der Waals surface area contributed by atoms with Crippen molar-refractivity contribution in [2.24, 2.45) is 5.92 Å². The van der Waals surface area contributed by atoms with Gasteiger partial charge in [0.05, 0.1) is 0 Å². The SMILES string of the molecule is Fc1ccc(C(CCN2CC3=CC=CCC3C2)Oc2cccc(I)c2)c(I)c1. The summed E-state index contributed by atoms with van der Waals surface area (Å²) in [5.74, 6) is 1.33. The van der Waals surface area contributed by atoms with Crippen LogP contribution in [0.15, 0.2) is 66.3 Å². The van der Waals surface area contributed by atoms with Crippen molar-refractivity contribution in [3.8, 4) is 5.75 Å². The lowest BCUT2D eigenvalue weighted by Crippen LogP contribution is -2.25. The fraction of sp³-hybridized carbons (Fsp3) is 0.304. The number of benzene rings is 2. The zero-order valence-corrected chi connectivity index (χ0v) is 19.8. The predicted molar refractivity (Wildman–Crippen MR) is 128 cm³/mol. The highest BCUT2D eigenvalue weighted by Crippen LogP contribution is 2.32. The van der Waals surface area contributed by atoms with E-state index in [1.807, 2.05) is 24.3 Å². The Kier molecular flexibility index (Phi) is 6.73. The number of fused-ring (bicyclic) bond motifs is 1. The van der Waals surface area contributed by atoms with Gasteiger partial charge in [0, 0.05) is 38.8 Å². The smallest absolute Gasteiger partial charge is 0.126 e. The Morgan fingerprint density at radius 2 is 2.07 bits per heavy atom. The summed E-state index contributed by atoms with van der Waals surface area (Å²) >= 11 is 4.51. The fourth-order valence-corrected chi connectivity index (χ4v) is 5.28. The minimum Gasteiger partial charge on any atom is -0.486 e. The lowest BCUT2D eigenvalue weighted by atomic mass is 9.95. The van der Waals surface area contributed by atoms with Gasteiger partial charge < -0.3 is 4.74 Å². The number of ether oxygens (including phenoxy) is 1. The van der Waals surface area contributed by atoms with Crippen molar-refractivity contribution in [2.45, 2.75) is 18.9 Å². The first-order valence-electron chi connectivity index (χ1n) is 9.53. The van der Waals surface area contributed by atoms with Gasteiger partial charge in [-0.3, -0.25) is 4.90 Å². The average Bonchev–Trinajstić information content (AvgIpc) is 3.08. The molecule has 0 aromatic heterocycles. The summed E-state index contributed by atoms with van der Waals surface area (Å²) < 4.78 is 22.1. The molecule has 1 heterocycles. The first kappa shape index (κ1) is 20.3. The second-order valence-electron chi connectivity index (χ2n) is 7.36. The zero-order chi connectivity index (χ0) is 19.5. The Morgan fingerprint density at radius 3 is 2.86 bits per heavy atom. The molecule has 1 aliphatic carbocycles. The van der Waals surface area contributed by atoms with Gasteiger partial charge in [-0.15, -0.1) is 0 Å². The Hall–Kier alpha value is -0.930. The van der Waals surface area contributed by atoms with E-state index in [4.69, 9.17) is 4.74 Å². The van der Waals surface area contributed by atoms with Crippen LogP contribution < -0.4 is 4.74 Å². The largest absolute Gasteiger partial charge is 0.486 e. The van der Waals surface area contributed by atoms with E-state index in [9.17, 15) is 4.39 Å². The average molecular weight is 601 g/mol. The van der Waals surface area contributed by atoms with Gasteiger partial charge >= 0.3 is 0 Å². The van der Waals surface area contributed by atoms with Gasteiger partial charge in [-0.2, -0.15) is 0 Å². The molecule has 2 unspecified atom stereocenters. The van der Waals surface area contributed by atoms with E-state index in [2.05, 4.69) is 74.4 Å². The van der Waals surface area contributed by atoms with Crippen molar-refractivity contribution < 1.29 is 9.13 Å². The second-order valence-corrected chi connectivity index (χ2v) is 9.76. The van der Waals surface area contributed by atoms with Crippen molar-refractivity contribution >= 4 is 45.2 Å². The van der Waals surface area contributed by atoms with Gasteiger partial charge in [0.1, 0.15) is 17.7 Å². The van der Waals surface area contributed by atoms with Crippen molar-refractivity contribution in [1.82, 2.24) is 4.90 Å². The van der Waals surface area contributed by atoms with Crippen LogP contribution in [0.1, 0.15) is 24.5 Å². The first-order chi connectivity index (χ1) is 13.6. The molecule has 2 aliphatic rings. The summed E-state index contributed by atoms with van der Waals surface area (Å²) in [4.78, 5) is 2.52. The maximum atomic E-state index is 13.6. The van der Waals surface area contributed by atoms with Crippen molar-refractivity contribution in [2.75, 3.05) is 19.6 Å². The lowest BCUT2D eigenvalue weighted by Gasteiger charge is -2.24. The van der Waals surface area contributed by atoms with Gasteiger partial charge in [-0.25, -0.2) is 4.39 Å². The third-order valence-electron chi connectivity index (χ3n) is 5.37. The highest BCUT2D eigenvalue weighted by Gasteiger charge is 2.28. The molecular formula is C23H22FI2NO. The van der Waals surface area contributed by atoms with Gasteiger partial charge in [0.15, 0.2) is 0 Å². The highest BCUT2D eigenvalue weighted by molar-refractivity contribution is 14.1. The number of nitrogens with zero attached hydrogens (tertiary/aromatic N) is 1. The summed E-state index contributed by atoms with van der Waals surface area (Å²) in [5, 5.41) is 0. The number of likely N-dealkylation sites (tertiary alicyclic amines) is 1. The van der Waals surface area contributed by atoms with E-state index in [-0.39, 0.29) is 11.9 Å². The van der Waals surface area contributed by atoms with Gasteiger partial charge in [0.2, 0.25) is 0 Å². The third kappa shape index (κ3) is 4.97. The first-order valence-corrected chi connectivity index (χ1v) is 11.7. The van der Waals surface area contributed by atoms with Gasteiger partial charge in [-0.1, -0.05) is 35.9 Å². The number of allylic oxidation sites excluding steroid dienone is 3. The molecule has 4 rings (SSSR count). The Bertz CT molecular complexity index is 911. The molecule has 2 nitrogen and oxygen atoms in total. The van der Waals surface area contributed by atoms with Crippen LogP contribution in [0, 0.1) is 18.9 Å². The van der Waals surface area contributed by atoms with E-state index in [0.717, 1.165) is 50.9 Å². The molecule has 0 spiro atoms. The minimum atomic E-state index is -0.204. The quantitative estimate of drug-likeness (QED) is 0.358. The van der Waals surface area contributed by atoms with Crippen molar-refractivity contribution in [1.29, 1.82) is 0 Å². The molecule has 5 heteroatoms. The molecular weight excluding hydrogens is 579 g/mol. The maximum Gasteiger partial charge on any atom is 0.126 e. The molecule has 2 atom stereocenters. The molecule has 0 radical (unpaired) electrons. The van der Waals surface area contributed by atoms with E-state index < -0.39 is 0 Å². The Morgan fingerprint density at radius 1 is 1.18 bits per heavy atom. The van der Waals surface area contributed by atoms with Crippen molar-refractivity contribution in [3.63, 3.8) is 0 Å². The summed E-state index contributed by atoms with van der Waals surface area (Å²) in [6.45, 7) is 3.13. The fourth-order valence-electron chi connectivity index (χ4n) is 3.95. The Labute approximate surface area is 193 Å². The second kappa shape index (κ2) is 9.26. The Balaban J connectivity index is 1.49. The molecule has 0 saturated carbocycles. The van der Waals surface area contributed by atoms with Gasteiger partial charge in [-0.05, 0) is 87.9 Å². The lowest BCUT2D eigenvalue weighted by molar-refractivity contribution is 0.171. The van der Waals surface area contributed by atoms with Crippen LogP contribution in [0.5, 0.6) is 5.75 Å². The molecule has 2 aromatic rings. The molecule has 146 valence electrons. The van der Waals surface area contributed by atoms with Crippen LogP contribution in [-0.4, -0.2) is 24.5 Å². The van der Waals surface area contributed by atoms with Crippen LogP contribution in [0.3, 0.4) is 0 Å². The standard InChI is InChI=1S/C23H22FI2NO/c24-18-8-9-21(22(26)12-18)23(28-20-7-3-6-19(25)13-20)10-11-27-14-16-4-1-2-5-17(16)15-27/h1-4,6-9,12-13,17,23H,5,10-11,14-15H2. The monoisotopic (exact) mass is 601 g/mol. The third-order valence-corrected chi connectivity index (χ3v) is 6.97. The van der Waals surface area contributed by atoms with E-state index in [1.54, 1.807) is 11.6 Å². The summed E-state index contributed by atoms with van der Waals surface area (Å²) in [7, 11) is 0. The number of hydrogen-bond donors (Lipinski definition) is 0. The van der Waals surface area contributed by atoms with E-state index in [0.29, 0.717) is 5.92 Å². The topological polar surface area (TPSA) is 12.5 Å². The predicted octanol–water partition coefficient (Wildman–Crippen LogP) is 6.36. The maximum absolute atomic E-state index is 13.6. The highest BCUT2D eigenvalue weighted by atomic mass is 127. The molecule has 0 bridgehead atoms. The summed E-state index contributed by atoms with van der Waals surface area (Å²) in [6, 6.07) is 13.1. The van der Waals surface area contributed by atoms with E-state index >= 15 is 0 Å². The van der Waals surface area contributed by atoms with Crippen LogP contribution in [-0.2, 0) is 0 Å². The van der Waals surface area contributed by atoms with Crippen LogP contribution in [0.4, 0.5) is 4.39 Å². The molecule has 2 aromatic carbocycles. The zero-order valence-electron chi connectivity index (χ0n) is 15.5. The van der Waals surface area contributed by atoms with Crippen molar-refractivity contribution in [3.05, 3.63) is 84.8 Å². The van der Waals surface area contributed by atoms with Crippen LogP contribution in [0.25, 0.3) is 0 Å². The van der Waals surface area contributed by atoms with Crippen LogP contribution in [0.2, 0.25) is 0 Å². The summed E-state index contributed by atoms with van der Waals surface area (Å²) in [5.41, 5.74) is 2.60.